The monoisotopic (exact) mass is 231 g/mol. The van der Waals surface area contributed by atoms with Crippen molar-refractivity contribution in [2.75, 3.05) is 6.54 Å². The van der Waals surface area contributed by atoms with E-state index in [9.17, 15) is 4.79 Å². The Morgan fingerprint density at radius 1 is 1.31 bits per heavy atom. The van der Waals surface area contributed by atoms with Crippen molar-refractivity contribution < 1.29 is 4.79 Å². The predicted octanol–water partition coefficient (Wildman–Crippen LogP) is 2.49. The van der Waals surface area contributed by atoms with Crippen LogP contribution in [0.3, 0.4) is 0 Å². The maximum atomic E-state index is 11.9. The molecule has 0 bridgehead atoms. The molecule has 2 aliphatic rings. The van der Waals surface area contributed by atoms with Crippen molar-refractivity contribution in [2.24, 2.45) is 5.92 Å². The van der Waals surface area contributed by atoms with Gasteiger partial charge in [-0.05, 0) is 17.5 Å². The summed E-state index contributed by atoms with van der Waals surface area (Å²) in [5.74, 6) is 0.493. The number of hydrogen-bond acceptors (Lipinski definition) is 2. The van der Waals surface area contributed by atoms with Gasteiger partial charge >= 0.3 is 0 Å². The SMILES string of the molecule is O=C1C(C2C=Cc3ccccc32)CCN1S. The number of thiol groups is 1. The van der Waals surface area contributed by atoms with Crippen molar-refractivity contribution in [1.82, 2.24) is 4.31 Å². The molecule has 3 heteroatoms. The van der Waals surface area contributed by atoms with Crippen LogP contribution in [0.25, 0.3) is 6.08 Å². The summed E-state index contributed by atoms with van der Waals surface area (Å²) in [7, 11) is 0. The minimum absolute atomic E-state index is 0.0809. The van der Waals surface area contributed by atoms with E-state index in [4.69, 9.17) is 0 Å². The molecule has 82 valence electrons. The standard InChI is InChI=1S/C13H13NOS/c15-13-12(7-8-14(13)16)11-6-5-9-3-1-2-4-10(9)11/h1-6,11-12,16H,7-8H2. The second kappa shape index (κ2) is 3.67. The van der Waals surface area contributed by atoms with E-state index in [0.29, 0.717) is 0 Å². The number of fused-ring (bicyclic) bond motifs is 1. The van der Waals surface area contributed by atoms with E-state index < -0.39 is 0 Å². The molecule has 0 aromatic heterocycles. The number of benzene rings is 1. The molecule has 1 heterocycles. The Morgan fingerprint density at radius 3 is 2.88 bits per heavy atom. The summed E-state index contributed by atoms with van der Waals surface area (Å²) in [4.78, 5) is 11.9. The second-order valence-electron chi connectivity index (χ2n) is 4.37. The summed E-state index contributed by atoms with van der Waals surface area (Å²) in [6.07, 6.45) is 5.18. The molecule has 2 atom stereocenters. The van der Waals surface area contributed by atoms with Crippen LogP contribution in [-0.4, -0.2) is 16.8 Å². The molecule has 3 rings (SSSR count). The molecule has 0 radical (unpaired) electrons. The molecular formula is C13H13NOS. The van der Waals surface area contributed by atoms with Crippen LogP contribution in [0.15, 0.2) is 30.3 Å². The van der Waals surface area contributed by atoms with Crippen LogP contribution in [0.5, 0.6) is 0 Å². The number of amides is 1. The highest BCUT2D eigenvalue weighted by Crippen LogP contribution is 2.40. The summed E-state index contributed by atoms with van der Waals surface area (Å²) in [5.41, 5.74) is 2.53. The van der Waals surface area contributed by atoms with E-state index in [-0.39, 0.29) is 17.7 Å². The van der Waals surface area contributed by atoms with Gasteiger partial charge in [-0.3, -0.25) is 9.10 Å². The van der Waals surface area contributed by atoms with Crippen LogP contribution in [0, 0.1) is 5.92 Å². The molecule has 1 aromatic carbocycles. The maximum Gasteiger partial charge on any atom is 0.236 e. The van der Waals surface area contributed by atoms with Gasteiger partial charge in [0, 0.05) is 12.5 Å². The quantitative estimate of drug-likeness (QED) is 0.736. The van der Waals surface area contributed by atoms with Gasteiger partial charge in [0.05, 0.1) is 5.92 Å². The zero-order chi connectivity index (χ0) is 11.1. The van der Waals surface area contributed by atoms with Gasteiger partial charge < -0.3 is 0 Å². The lowest BCUT2D eigenvalue weighted by molar-refractivity contribution is -0.126. The van der Waals surface area contributed by atoms with Crippen molar-refractivity contribution in [2.45, 2.75) is 12.3 Å². The minimum Gasteiger partial charge on any atom is -0.289 e. The molecule has 1 aliphatic heterocycles. The van der Waals surface area contributed by atoms with Crippen LogP contribution in [0.2, 0.25) is 0 Å². The Hall–Kier alpha value is -1.22. The van der Waals surface area contributed by atoms with E-state index in [1.807, 2.05) is 12.1 Å². The van der Waals surface area contributed by atoms with Gasteiger partial charge in [0.2, 0.25) is 5.91 Å². The molecule has 1 amide bonds. The number of nitrogens with zero attached hydrogens (tertiary/aromatic N) is 1. The number of rotatable bonds is 1. The fourth-order valence-electron chi connectivity index (χ4n) is 2.65. The Kier molecular flexibility index (Phi) is 2.28. The zero-order valence-electron chi connectivity index (χ0n) is 8.84. The normalized spacial score (nSPS) is 27.6. The van der Waals surface area contributed by atoms with E-state index in [0.717, 1.165) is 13.0 Å². The number of carbonyl (C=O) groups is 1. The largest absolute Gasteiger partial charge is 0.289 e. The highest BCUT2D eigenvalue weighted by atomic mass is 32.1. The third-order valence-corrected chi connectivity index (χ3v) is 3.89. The third kappa shape index (κ3) is 1.39. The first-order valence-corrected chi connectivity index (χ1v) is 5.95. The molecule has 2 unspecified atom stereocenters. The van der Waals surface area contributed by atoms with Crippen molar-refractivity contribution >= 4 is 24.8 Å². The van der Waals surface area contributed by atoms with Crippen LogP contribution in [0.1, 0.15) is 23.5 Å². The van der Waals surface area contributed by atoms with Crippen LogP contribution >= 0.6 is 12.8 Å². The molecule has 1 aromatic rings. The lowest BCUT2D eigenvalue weighted by Gasteiger charge is -2.17. The van der Waals surface area contributed by atoms with Gasteiger partial charge in [0.1, 0.15) is 0 Å². The highest BCUT2D eigenvalue weighted by Gasteiger charge is 2.37. The van der Waals surface area contributed by atoms with Crippen molar-refractivity contribution in [3.8, 4) is 0 Å². The second-order valence-corrected chi connectivity index (χ2v) is 4.85. The van der Waals surface area contributed by atoms with Crippen LogP contribution < -0.4 is 0 Å². The number of allylic oxidation sites excluding steroid dienone is 1. The van der Waals surface area contributed by atoms with E-state index in [2.05, 4.69) is 37.1 Å². The molecule has 1 aliphatic carbocycles. The van der Waals surface area contributed by atoms with E-state index >= 15 is 0 Å². The maximum absolute atomic E-state index is 11.9. The first-order chi connectivity index (χ1) is 7.77. The molecular weight excluding hydrogens is 218 g/mol. The first kappa shape index (κ1) is 9.97. The minimum atomic E-state index is 0.0809. The summed E-state index contributed by atoms with van der Waals surface area (Å²) < 4.78 is 1.54. The molecule has 1 fully saturated rings. The molecule has 0 saturated carbocycles. The van der Waals surface area contributed by atoms with Crippen LogP contribution in [0.4, 0.5) is 0 Å². The fourth-order valence-corrected chi connectivity index (χ4v) is 2.91. The first-order valence-electron chi connectivity index (χ1n) is 5.55. The van der Waals surface area contributed by atoms with E-state index in [1.54, 1.807) is 4.31 Å². The third-order valence-electron chi connectivity index (χ3n) is 3.50. The molecule has 2 nitrogen and oxygen atoms in total. The lowest BCUT2D eigenvalue weighted by atomic mass is 9.87. The zero-order valence-corrected chi connectivity index (χ0v) is 9.73. The van der Waals surface area contributed by atoms with Gasteiger partial charge in [-0.15, -0.1) is 0 Å². The number of carbonyl (C=O) groups excluding carboxylic acids is 1. The van der Waals surface area contributed by atoms with Gasteiger partial charge in [-0.1, -0.05) is 49.2 Å². The smallest absolute Gasteiger partial charge is 0.236 e. The molecule has 1 saturated heterocycles. The highest BCUT2D eigenvalue weighted by molar-refractivity contribution is 7.78. The summed E-state index contributed by atoms with van der Waals surface area (Å²) in [5, 5.41) is 0. The average Bonchev–Trinajstić information content (AvgIpc) is 2.85. The summed E-state index contributed by atoms with van der Waals surface area (Å²) in [6, 6.07) is 8.29. The van der Waals surface area contributed by atoms with Gasteiger partial charge in [-0.2, -0.15) is 0 Å². The number of hydrogen-bond donors (Lipinski definition) is 1. The van der Waals surface area contributed by atoms with Crippen LogP contribution in [-0.2, 0) is 4.79 Å². The van der Waals surface area contributed by atoms with Gasteiger partial charge in [-0.25, -0.2) is 0 Å². The molecule has 0 spiro atoms. The van der Waals surface area contributed by atoms with E-state index in [1.165, 1.54) is 11.1 Å². The fraction of sp³-hybridized carbons (Fsp3) is 0.308. The molecule has 0 N–H and O–H groups in total. The summed E-state index contributed by atoms with van der Waals surface area (Å²) >= 11 is 4.17. The Labute approximate surface area is 100 Å². The van der Waals surface area contributed by atoms with Gasteiger partial charge in [0.25, 0.3) is 0 Å². The Morgan fingerprint density at radius 2 is 2.12 bits per heavy atom. The Bertz CT molecular complexity index is 469. The predicted molar refractivity (Wildman–Crippen MR) is 67.0 cm³/mol. The van der Waals surface area contributed by atoms with Crippen molar-refractivity contribution in [3.63, 3.8) is 0 Å². The van der Waals surface area contributed by atoms with Crippen molar-refractivity contribution in [1.29, 1.82) is 0 Å². The summed E-state index contributed by atoms with van der Waals surface area (Å²) in [6.45, 7) is 0.763. The van der Waals surface area contributed by atoms with Crippen molar-refractivity contribution in [3.05, 3.63) is 41.5 Å². The average molecular weight is 231 g/mol. The Balaban J connectivity index is 1.94. The van der Waals surface area contributed by atoms with Gasteiger partial charge in [0.15, 0.2) is 0 Å². The lowest BCUT2D eigenvalue weighted by Crippen LogP contribution is -2.21. The molecule has 16 heavy (non-hydrogen) atoms. The topological polar surface area (TPSA) is 20.3 Å².